The molecule has 1 N–H and O–H groups in total. The Morgan fingerprint density at radius 3 is 2.55 bits per heavy atom. The number of esters is 1. The van der Waals surface area contributed by atoms with E-state index in [-0.39, 0.29) is 11.9 Å². The van der Waals surface area contributed by atoms with Crippen molar-refractivity contribution < 1.29 is 14.7 Å². The number of nitrogens with zero attached hydrogens (tertiary/aromatic N) is 1. The molecule has 0 radical (unpaired) electrons. The van der Waals surface area contributed by atoms with Crippen molar-refractivity contribution in [3.63, 3.8) is 0 Å². The van der Waals surface area contributed by atoms with Crippen LogP contribution in [0.3, 0.4) is 0 Å². The van der Waals surface area contributed by atoms with Gasteiger partial charge in [0.25, 0.3) is 0 Å². The van der Waals surface area contributed by atoms with Crippen LogP contribution in [0.4, 0.5) is 0 Å². The Morgan fingerprint density at radius 2 is 2.09 bits per heavy atom. The molecule has 1 aliphatic heterocycles. The predicted molar refractivity (Wildman–Crippen MR) is 38.1 cm³/mol. The molecule has 0 aromatic heterocycles. The van der Waals surface area contributed by atoms with E-state index in [1.54, 1.807) is 0 Å². The largest absolute Gasteiger partial charge is 0.469 e. The van der Waals surface area contributed by atoms with E-state index in [4.69, 9.17) is 5.21 Å². The molecule has 4 heteroatoms. The second-order valence-electron chi connectivity index (χ2n) is 2.75. The van der Waals surface area contributed by atoms with Crippen molar-refractivity contribution in [2.75, 3.05) is 20.2 Å². The number of methoxy groups -OCH3 is 1. The van der Waals surface area contributed by atoms with Crippen molar-refractivity contribution in [1.29, 1.82) is 0 Å². The summed E-state index contributed by atoms with van der Waals surface area (Å²) in [7, 11) is 1.40. The van der Waals surface area contributed by atoms with Crippen LogP contribution in [0.2, 0.25) is 0 Å². The molecule has 0 aromatic carbocycles. The lowest BCUT2D eigenvalue weighted by Crippen LogP contribution is -2.34. The Kier molecular flexibility index (Phi) is 2.84. The van der Waals surface area contributed by atoms with E-state index in [9.17, 15) is 4.79 Å². The molecule has 0 aromatic rings. The number of carbonyl (C=O) groups excluding carboxylic acids is 1. The minimum absolute atomic E-state index is 0.0107. The Labute approximate surface area is 65.7 Å². The molecule has 1 rings (SSSR count). The van der Waals surface area contributed by atoms with Gasteiger partial charge in [0.2, 0.25) is 0 Å². The zero-order chi connectivity index (χ0) is 8.27. The second kappa shape index (κ2) is 3.69. The molecular formula is C7H13NO3. The summed E-state index contributed by atoms with van der Waals surface area (Å²) in [6, 6.07) is 0. The highest BCUT2D eigenvalue weighted by Crippen LogP contribution is 2.16. The van der Waals surface area contributed by atoms with Crippen LogP contribution in [0.5, 0.6) is 0 Å². The van der Waals surface area contributed by atoms with Gasteiger partial charge in [-0.3, -0.25) is 4.79 Å². The summed E-state index contributed by atoms with van der Waals surface area (Å²) < 4.78 is 4.59. The first-order valence-electron chi connectivity index (χ1n) is 3.75. The van der Waals surface area contributed by atoms with Gasteiger partial charge < -0.3 is 9.94 Å². The van der Waals surface area contributed by atoms with Gasteiger partial charge in [-0.25, -0.2) is 0 Å². The maximum absolute atomic E-state index is 11.0. The highest BCUT2D eigenvalue weighted by atomic mass is 16.5. The Balaban J connectivity index is 2.33. The average Bonchev–Trinajstić information content (AvgIpc) is 2.05. The van der Waals surface area contributed by atoms with E-state index < -0.39 is 0 Å². The van der Waals surface area contributed by atoms with Crippen LogP contribution in [0.15, 0.2) is 0 Å². The maximum Gasteiger partial charge on any atom is 0.308 e. The molecule has 0 unspecified atom stereocenters. The second-order valence-corrected chi connectivity index (χ2v) is 2.75. The molecule has 64 valence electrons. The third kappa shape index (κ3) is 2.17. The highest BCUT2D eigenvalue weighted by Gasteiger charge is 2.24. The van der Waals surface area contributed by atoms with Crippen molar-refractivity contribution in [3.05, 3.63) is 0 Å². The highest BCUT2D eigenvalue weighted by molar-refractivity contribution is 5.72. The number of rotatable bonds is 1. The van der Waals surface area contributed by atoms with E-state index in [2.05, 4.69) is 4.74 Å². The molecule has 0 bridgehead atoms. The summed E-state index contributed by atoms with van der Waals surface area (Å²) in [4.78, 5) is 11.0. The fourth-order valence-electron chi connectivity index (χ4n) is 1.27. The van der Waals surface area contributed by atoms with Gasteiger partial charge in [0, 0.05) is 13.1 Å². The summed E-state index contributed by atoms with van der Waals surface area (Å²) in [5.41, 5.74) is 0. The van der Waals surface area contributed by atoms with E-state index in [1.165, 1.54) is 12.2 Å². The van der Waals surface area contributed by atoms with Gasteiger partial charge >= 0.3 is 5.97 Å². The molecular weight excluding hydrogens is 146 g/mol. The fourth-order valence-corrected chi connectivity index (χ4v) is 1.27. The molecule has 0 saturated carbocycles. The third-order valence-electron chi connectivity index (χ3n) is 2.01. The summed E-state index contributed by atoms with van der Waals surface area (Å²) in [6.07, 6.45) is 1.40. The van der Waals surface area contributed by atoms with Crippen molar-refractivity contribution in [3.8, 4) is 0 Å². The average molecular weight is 159 g/mol. The van der Waals surface area contributed by atoms with E-state index in [0.717, 1.165) is 0 Å². The van der Waals surface area contributed by atoms with E-state index in [1.807, 2.05) is 0 Å². The normalized spacial score (nSPS) is 21.6. The van der Waals surface area contributed by atoms with Gasteiger partial charge in [0.1, 0.15) is 0 Å². The summed E-state index contributed by atoms with van der Waals surface area (Å²) in [5, 5.41) is 10.2. The summed E-state index contributed by atoms with van der Waals surface area (Å²) in [5.74, 6) is -0.165. The number of piperidine rings is 1. The van der Waals surface area contributed by atoms with Crippen LogP contribution in [0.1, 0.15) is 12.8 Å². The number of hydrogen-bond acceptors (Lipinski definition) is 4. The van der Waals surface area contributed by atoms with Crippen molar-refractivity contribution in [2.45, 2.75) is 12.8 Å². The Hall–Kier alpha value is -0.610. The SMILES string of the molecule is COC(=O)C1CCN(O)CC1. The fraction of sp³-hybridized carbons (Fsp3) is 0.857. The monoisotopic (exact) mass is 159 g/mol. The number of ether oxygens (including phenoxy) is 1. The first-order valence-corrected chi connectivity index (χ1v) is 3.75. The molecule has 0 spiro atoms. The predicted octanol–water partition coefficient (Wildman–Crippen LogP) is 0.261. The van der Waals surface area contributed by atoms with Crippen LogP contribution in [-0.4, -0.2) is 36.4 Å². The minimum Gasteiger partial charge on any atom is -0.469 e. The first kappa shape index (κ1) is 8.49. The third-order valence-corrected chi connectivity index (χ3v) is 2.01. The van der Waals surface area contributed by atoms with Gasteiger partial charge in [-0.1, -0.05) is 0 Å². The maximum atomic E-state index is 11.0. The van der Waals surface area contributed by atoms with E-state index >= 15 is 0 Å². The van der Waals surface area contributed by atoms with Gasteiger partial charge in [0.05, 0.1) is 13.0 Å². The van der Waals surface area contributed by atoms with Crippen LogP contribution >= 0.6 is 0 Å². The van der Waals surface area contributed by atoms with Gasteiger partial charge in [-0.05, 0) is 12.8 Å². The molecule has 1 fully saturated rings. The van der Waals surface area contributed by atoms with Gasteiger partial charge in [-0.15, -0.1) is 0 Å². The van der Waals surface area contributed by atoms with Crippen molar-refractivity contribution in [1.82, 2.24) is 5.06 Å². The molecule has 4 nitrogen and oxygen atoms in total. The topological polar surface area (TPSA) is 49.8 Å². The Morgan fingerprint density at radius 1 is 1.55 bits per heavy atom. The summed E-state index contributed by atoms with van der Waals surface area (Å²) >= 11 is 0. The van der Waals surface area contributed by atoms with Crippen LogP contribution in [0, 0.1) is 5.92 Å². The molecule has 11 heavy (non-hydrogen) atoms. The van der Waals surface area contributed by atoms with Crippen LogP contribution < -0.4 is 0 Å². The molecule has 1 heterocycles. The lowest BCUT2D eigenvalue weighted by Gasteiger charge is -2.25. The number of hydroxylamine groups is 2. The lowest BCUT2D eigenvalue weighted by atomic mass is 9.98. The van der Waals surface area contributed by atoms with Crippen molar-refractivity contribution >= 4 is 5.97 Å². The minimum atomic E-state index is -0.155. The summed E-state index contributed by atoms with van der Waals surface area (Å²) in [6.45, 7) is 1.14. The van der Waals surface area contributed by atoms with Crippen LogP contribution in [0.25, 0.3) is 0 Å². The van der Waals surface area contributed by atoms with E-state index in [0.29, 0.717) is 25.9 Å². The molecule has 1 aliphatic rings. The standard InChI is InChI=1S/C7H13NO3/c1-11-7(9)6-2-4-8(10)5-3-6/h6,10H,2-5H2,1H3. The molecule has 1 saturated heterocycles. The molecule has 0 amide bonds. The first-order chi connectivity index (χ1) is 5.24. The van der Waals surface area contributed by atoms with Crippen LogP contribution in [-0.2, 0) is 9.53 Å². The smallest absolute Gasteiger partial charge is 0.308 e. The van der Waals surface area contributed by atoms with Gasteiger partial charge in [-0.2, -0.15) is 5.06 Å². The quantitative estimate of drug-likeness (QED) is 0.557. The number of carbonyl (C=O) groups is 1. The molecule has 0 aliphatic carbocycles. The number of hydrogen-bond donors (Lipinski definition) is 1. The zero-order valence-electron chi connectivity index (χ0n) is 6.62. The Bertz CT molecular complexity index is 141. The van der Waals surface area contributed by atoms with Crippen molar-refractivity contribution in [2.24, 2.45) is 5.92 Å². The van der Waals surface area contributed by atoms with Gasteiger partial charge in [0.15, 0.2) is 0 Å². The lowest BCUT2D eigenvalue weighted by molar-refractivity contribution is -0.154. The molecule has 0 atom stereocenters. The zero-order valence-corrected chi connectivity index (χ0v) is 6.62.